The second-order valence-corrected chi connectivity index (χ2v) is 6.14. The standard InChI is InChI=1S/C17H22FNO3/c1-12(9-13-3-2-4-15(18)11-13)10-16(20)19-7-5-14(6-8-19)17(21)22/h2-4,11-12,14H,5-10H2,1H3,(H,21,22). The van der Waals surface area contributed by atoms with E-state index in [1.807, 2.05) is 13.0 Å². The molecule has 1 fully saturated rings. The second-order valence-electron chi connectivity index (χ2n) is 6.14. The van der Waals surface area contributed by atoms with Gasteiger partial charge in [0, 0.05) is 19.5 Å². The van der Waals surface area contributed by atoms with Gasteiger partial charge in [-0.3, -0.25) is 9.59 Å². The molecule has 22 heavy (non-hydrogen) atoms. The number of nitrogens with zero attached hydrogens (tertiary/aromatic N) is 1. The van der Waals surface area contributed by atoms with Crippen molar-refractivity contribution in [2.45, 2.75) is 32.6 Å². The molecule has 1 unspecified atom stereocenters. The first-order chi connectivity index (χ1) is 10.5. The van der Waals surface area contributed by atoms with E-state index in [-0.39, 0.29) is 23.6 Å². The lowest BCUT2D eigenvalue weighted by Gasteiger charge is -2.31. The van der Waals surface area contributed by atoms with Gasteiger partial charge in [0.15, 0.2) is 0 Å². The third kappa shape index (κ3) is 4.55. The topological polar surface area (TPSA) is 57.6 Å². The lowest BCUT2D eigenvalue weighted by molar-refractivity contribution is -0.145. The van der Waals surface area contributed by atoms with Crippen molar-refractivity contribution in [3.8, 4) is 0 Å². The largest absolute Gasteiger partial charge is 0.481 e. The molecule has 5 heteroatoms. The number of amides is 1. The van der Waals surface area contributed by atoms with Gasteiger partial charge in [-0.05, 0) is 42.9 Å². The molecule has 0 spiro atoms. The molecule has 1 aromatic rings. The average Bonchev–Trinajstić information content (AvgIpc) is 2.47. The van der Waals surface area contributed by atoms with Gasteiger partial charge < -0.3 is 10.0 Å². The Labute approximate surface area is 129 Å². The zero-order valence-corrected chi connectivity index (χ0v) is 12.8. The highest BCUT2D eigenvalue weighted by atomic mass is 19.1. The second kappa shape index (κ2) is 7.38. The Balaban J connectivity index is 1.80. The first-order valence-electron chi connectivity index (χ1n) is 7.70. The highest BCUT2D eigenvalue weighted by molar-refractivity contribution is 5.77. The predicted molar refractivity (Wildman–Crippen MR) is 80.8 cm³/mol. The maximum atomic E-state index is 13.1. The molecule has 120 valence electrons. The maximum Gasteiger partial charge on any atom is 0.306 e. The summed E-state index contributed by atoms with van der Waals surface area (Å²) in [6, 6.07) is 6.45. The molecule has 0 saturated carbocycles. The van der Waals surface area contributed by atoms with Gasteiger partial charge in [0.05, 0.1) is 5.92 Å². The minimum atomic E-state index is -0.772. The van der Waals surface area contributed by atoms with E-state index < -0.39 is 5.97 Å². The Hall–Kier alpha value is -1.91. The van der Waals surface area contributed by atoms with Crippen LogP contribution in [0.2, 0.25) is 0 Å². The normalized spacial score (nSPS) is 17.3. The molecule has 1 aromatic carbocycles. The predicted octanol–water partition coefficient (Wildman–Crippen LogP) is 2.72. The van der Waals surface area contributed by atoms with Gasteiger partial charge in [0.2, 0.25) is 5.91 Å². The number of piperidine rings is 1. The molecule has 0 radical (unpaired) electrons. The minimum Gasteiger partial charge on any atom is -0.481 e. The van der Waals surface area contributed by atoms with Crippen molar-refractivity contribution in [2.24, 2.45) is 11.8 Å². The molecular formula is C17H22FNO3. The molecule has 1 atom stereocenters. The highest BCUT2D eigenvalue weighted by Crippen LogP contribution is 2.20. The van der Waals surface area contributed by atoms with Crippen molar-refractivity contribution >= 4 is 11.9 Å². The van der Waals surface area contributed by atoms with Gasteiger partial charge in [0.1, 0.15) is 5.82 Å². The van der Waals surface area contributed by atoms with Crippen LogP contribution in [0, 0.1) is 17.7 Å². The number of carbonyl (C=O) groups excluding carboxylic acids is 1. The molecule has 1 aliphatic rings. The fourth-order valence-corrected chi connectivity index (χ4v) is 2.94. The summed E-state index contributed by atoms with van der Waals surface area (Å²) in [5.41, 5.74) is 0.893. The van der Waals surface area contributed by atoms with E-state index in [0.29, 0.717) is 38.8 Å². The van der Waals surface area contributed by atoms with Crippen molar-refractivity contribution in [1.29, 1.82) is 0 Å². The Morgan fingerprint density at radius 2 is 2.05 bits per heavy atom. The first kappa shape index (κ1) is 16.5. The average molecular weight is 307 g/mol. The number of carboxylic acids is 1. The summed E-state index contributed by atoms with van der Waals surface area (Å²) in [6.07, 6.45) is 2.13. The molecular weight excluding hydrogens is 285 g/mol. The third-order valence-corrected chi connectivity index (χ3v) is 4.19. The first-order valence-corrected chi connectivity index (χ1v) is 7.70. The maximum absolute atomic E-state index is 13.1. The van der Waals surface area contributed by atoms with Crippen LogP contribution >= 0.6 is 0 Å². The van der Waals surface area contributed by atoms with Gasteiger partial charge in [0.25, 0.3) is 0 Å². The molecule has 1 amide bonds. The molecule has 2 rings (SSSR count). The molecule has 4 nitrogen and oxygen atoms in total. The Morgan fingerprint density at radius 3 is 2.64 bits per heavy atom. The van der Waals surface area contributed by atoms with Crippen molar-refractivity contribution < 1.29 is 19.1 Å². The summed E-state index contributed by atoms with van der Waals surface area (Å²) in [5, 5.41) is 8.96. The van der Waals surface area contributed by atoms with Crippen LogP contribution in [-0.4, -0.2) is 35.0 Å². The molecule has 1 N–H and O–H groups in total. The van der Waals surface area contributed by atoms with Crippen molar-refractivity contribution in [2.75, 3.05) is 13.1 Å². The van der Waals surface area contributed by atoms with Crippen LogP contribution in [0.15, 0.2) is 24.3 Å². The van der Waals surface area contributed by atoms with Gasteiger partial charge in [-0.1, -0.05) is 19.1 Å². The number of likely N-dealkylation sites (tertiary alicyclic amines) is 1. The van der Waals surface area contributed by atoms with E-state index in [9.17, 15) is 14.0 Å². The molecule has 1 heterocycles. The summed E-state index contributed by atoms with van der Waals surface area (Å²) in [4.78, 5) is 24.9. The number of aliphatic carboxylic acids is 1. The summed E-state index contributed by atoms with van der Waals surface area (Å²) in [7, 11) is 0. The fourth-order valence-electron chi connectivity index (χ4n) is 2.94. The van der Waals surface area contributed by atoms with Crippen molar-refractivity contribution in [3.63, 3.8) is 0 Å². The molecule has 0 bridgehead atoms. The van der Waals surface area contributed by atoms with E-state index >= 15 is 0 Å². The fraction of sp³-hybridized carbons (Fsp3) is 0.529. The van der Waals surface area contributed by atoms with Gasteiger partial charge in [-0.2, -0.15) is 0 Å². The molecule has 1 saturated heterocycles. The van der Waals surface area contributed by atoms with E-state index in [4.69, 9.17) is 5.11 Å². The van der Waals surface area contributed by atoms with E-state index in [2.05, 4.69) is 0 Å². The lowest BCUT2D eigenvalue weighted by atomic mass is 9.94. The highest BCUT2D eigenvalue weighted by Gasteiger charge is 2.27. The smallest absolute Gasteiger partial charge is 0.306 e. The summed E-state index contributed by atoms with van der Waals surface area (Å²) < 4.78 is 13.1. The minimum absolute atomic E-state index is 0.0627. The number of rotatable bonds is 5. The van der Waals surface area contributed by atoms with Crippen LogP contribution in [-0.2, 0) is 16.0 Å². The van der Waals surface area contributed by atoms with Crippen molar-refractivity contribution in [1.82, 2.24) is 4.90 Å². The third-order valence-electron chi connectivity index (χ3n) is 4.19. The number of carbonyl (C=O) groups is 2. The summed E-state index contributed by atoms with van der Waals surface area (Å²) >= 11 is 0. The van der Waals surface area contributed by atoms with E-state index in [0.717, 1.165) is 5.56 Å². The number of hydrogen-bond donors (Lipinski definition) is 1. The van der Waals surface area contributed by atoms with Gasteiger partial charge in [-0.15, -0.1) is 0 Å². The van der Waals surface area contributed by atoms with Crippen molar-refractivity contribution in [3.05, 3.63) is 35.6 Å². The van der Waals surface area contributed by atoms with Crippen LogP contribution < -0.4 is 0 Å². The van der Waals surface area contributed by atoms with Gasteiger partial charge >= 0.3 is 5.97 Å². The zero-order chi connectivity index (χ0) is 16.1. The molecule has 0 aliphatic carbocycles. The Kier molecular flexibility index (Phi) is 5.52. The van der Waals surface area contributed by atoms with E-state index in [1.165, 1.54) is 12.1 Å². The molecule has 0 aromatic heterocycles. The van der Waals surface area contributed by atoms with Crippen LogP contribution in [0.4, 0.5) is 4.39 Å². The number of benzene rings is 1. The number of hydrogen-bond acceptors (Lipinski definition) is 2. The monoisotopic (exact) mass is 307 g/mol. The van der Waals surface area contributed by atoms with E-state index in [1.54, 1.807) is 11.0 Å². The number of halogens is 1. The summed E-state index contributed by atoms with van der Waals surface area (Å²) in [6.45, 7) is 3.01. The van der Waals surface area contributed by atoms with Crippen LogP contribution in [0.25, 0.3) is 0 Å². The lowest BCUT2D eigenvalue weighted by Crippen LogP contribution is -2.40. The Morgan fingerprint density at radius 1 is 1.36 bits per heavy atom. The SMILES string of the molecule is CC(CC(=O)N1CCC(C(=O)O)CC1)Cc1cccc(F)c1. The zero-order valence-electron chi connectivity index (χ0n) is 12.8. The van der Waals surface area contributed by atoms with Crippen LogP contribution in [0.3, 0.4) is 0 Å². The number of carboxylic acid groups (broad SMARTS) is 1. The van der Waals surface area contributed by atoms with Gasteiger partial charge in [-0.25, -0.2) is 4.39 Å². The summed E-state index contributed by atoms with van der Waals surface area (Å²) in [5.74, 6) is -1.16. The molecule has 1 aliphatic heterocycles. The Bertz CT molecular complexity index is 538. The quantitative estimate of drug-likeness (QED) is 0.910. The van der Waals surface area contributed by atoms with Crippen LogP contribution in [0.5, 0.6) is 0 Å². The van der Waals surface area contributed by atoms with Crippen LogP contribution in [0.1, 0.15) is 31.7 Å².